The van der Waals surface area contributed by atoms with Crippen LogP contribution in [-0.2, 0) is 11.2 Å². The second-order valence-electron chi connectivity index (χ2n) is 4.82. The van der Waals surface area contributed by atoms with E-state index >= 15 is 0 Å². The molecule has 22 heavy (non-hydrogen) atoms. The van der Waals surface area contributed by atoms with E-state index in [1.807, 2.05) is 25.1 Å². The molecule has 2 aromatic carbocycles. The third-order valence-electron chi connectivity index (χ3n) is 3.15. The van der Waals surface area contributed by atoms with Crippen molar-refractivity contribution in [3.8, 4) is 5.75 Å². The molecule has 4 nitrogen and oxygen atoms in total. The van der Waals surface area contributed by atoms with Gasteiger partial charge in [0.15, 0.2) is 0 Å². The van der Waals surface area contributed by atoms with Gasteiger partial charge in [-0.15, -0.1) is 0 Å². The van der Waals surface area contributed by atoms with Gasteiger partial charge in [-0.2, -0.15) is 5.10 Å². The fourth-order valence-electron chi connectivity index (χ4n) is 1.92. The Morgan fingerprint density at radius 1 is 1.27 bits per heavy atom. The van der Waals surface area contributed by atoms with Crippen LogP contribution in [0, 0.1) is 12.7 Å². The molecule has 5 heteroatoms. The Hall–Kier alpha value is -2.69. The van der Waals surface area contributed by atoms with E-state index in [9.17, 15) is 9.18 Å². The van der Waals surface area contributed by atoms with Crippen molar-refractivity contribution in [3.05, 3.63) is 65.0 Å². The summed E-state index contributed by atoms with van der Waals surface area (Å²) in [5.41, 5.74) is 5.07. The van der Waals surface area contributed by atoms with Crippen molar-refractivity contribution >= 4 is 12.1 Å². The van der Waals surface area contributed by atoms with Crippen LogP contribution in [-0.4, -0.2) is 19.2 Å². The third kappa shape index (κ3) is 4.41. The molecule has 0 saturated heterocycles. The molecule has 2 rings (SSSR count). The molecule has 0 unspecified atom stereocenters. The molecule has 2 aromatic rings. The molecule has 0 aliphatic heterocycles. The van der Waals surface area contributed by atoms with Crippen molar-refractivity contribution in [1.82, 2.24) is 5.43 Å². The van der Waals surface area contributed by atoms with Crippen LogP contribution in [0.25, 0.3) is 0 Å². The predicted molar refractivity (Wildman–Crippen MR) is 83.6 cm³/mol. The number of halogens is 1. The number of carbonyl (C=O) groups is 1. The van der Waals surface area contributed by atoms with Crippen molar-refractivity contribution in [2.75, 3.05) is 7.11 Å². The van der Waals surface area contributed by atoms with E-state index in [4.69, 9.17) is 4.74 Å². The summed E-state index contributed by atoms with van der Waals surface area (Å²) in [7, 11) is 1.61. The van der Waals surface area contributed by atoms with Gasteiger partial charge in [0.25, 0.3) is 0 Å². The zero-order chi connectivity index (χ0) is 15.9. The Morgan fingerprint density at radius 3 is 2.64 bits per heavy atom. The number of hydrogen-bond donors (Lipinski definition) is 1. The SMILES string of the molecule is COc1ccc(/C=N/NC(=O)Cc2ccc(F)cc2)c(C)c1. The first kappa shape index (κ1) is 15.7. The summed E-state index contributed by atoms with van der Waals surface area (Å²) in [6.45, 7) is 1.93. The number of carbonyl (C=O) groups excluding carboxylic acids is 1. The standard InChI is InChI=1S/C17H17FN2O2/c1-12-9-16(22-2)8-5-14(12)11-19-20-17(21)10-13-3-6-15(18)7-4-13/h3-9,11H,10H2,1-2H3,(H,20,21)/b19-11+. The Bertz CT molecular complexity index is 682. The van der Waals surface area contributed by atoms with Crippen molar-refractivity contribution in [2.24, 2.45) is 5.10 Å². The molecule has 0 fully saturated rings. The van der Waals surface area contributed by atoms with E-state index in [1.54, 1.807) is 25.5 Å². The van der Waals surface area contributed by atoms with Gasteiger partial charge in [-0.25, -0.2) is 9.82 Å². The van der Waals surface area contributed by atoms with Crippen molar-refractivity contribution in [2.45, 2.75) is 13.3 Å². The van der Waals surface area contributed by atoms with Crippen LogP contribution >= 0.6 is 0 Å². The minimum absolute atomic E-state index is 0.152. The average Bonchev–Trinajstić information content (AvgIpc) is 2.51. The number of rotatable bonds is 5. The van der Waals surface area contributed by atoms with E-state index in [-0.39, 0.29) is 18.1 Å². The number of aryl methyl sites for hydroxylation is 1. The van der Waals surface area contributed by atoms with Crippen LogP contribution in [0.1, 0.15) is 16.7 Å². The van der Waals surface area contributed by atoms with E-state index < -0.39 is 0 Å². The van der Waals surface area contributed by atoms with E-state index in [0.29, 0.717) is 0 Å². The Kier molecular flexibility index (Phi) is 5.25. The van der Waals surface area contributed by atoms with Crippen molar-refractivity contribution in [3.63, 3.8) is 0 Å². The van der Waals surface area contributed by atoms with E-state index in [0.717, 1.165) is 22.4 Å². The highest BCUT2D eigenvalue weighted by Gasteiger charge is 2.02. The van der Waals surface area contributed by atoms with Crippen molar-refractivity contribution < 1.29 is 13.9 Å². The molecule has 1 amide bonds. The normalized spacial score (nSPS) is 10.7. The monoisotopic (exact) mass is 300 g/mol. The maximum absolute atomic E-state index is 12.8. The minimum atomic E-state index is -0.322. The molecule has 0 aliphatic carbocycles. The molecule has 0 atom stereocenters. The molecule has 0 bridgehead atoms. The van der Waals surface area contributed by atoms with E-state index in [2.05, 4.69) is 10.5 Å². The van der Waals surface area contributed by atoms with Crippen LogP contribution in [0.4, 0.5) is 4.39 Å². The molecule has 0 aromatic heterocycles. The first-order chi connectivity index (χ1) is 10.6. The second-order valence-corrected chi connectivity index (χ2v) is 4.82. The summed E-state index contributed by atoms with van der Waals surface area (Å²) in [6, 6.07) is 11.4. The summed E-state index contributed by atoms with van der Waals surface area (Å²) in [5, 5.41) is 3.93. The lowest BCUT2D eigenvalue weighted by Gasteiger charge is -2.04. The highest BCUT2D eigenvalue weighted by atomic mass is 19.1. The number of hydrazone groups is 1. The number of ether oxygens (including phenoxy) is 1. The number of amides is 1. The quantitative estimate of drug-likeness (QED) is 0.682. The molecule has 1 N–H and O–H groups in total. The van der Waals surface area contributed by atoms with Gasteiger partial charge in [-0.05, 0) is 53.9 Å². The van der Waals surface area contributed by atoms with Crippen LogP contribution in [0.15, 0.2) is 47.6 Å². The lowest BCUT2D eigenvalue weighted by Crippen LogP contribution is -2.19. The summed E-state index contributed by atoms with van der Waals surface area (Å²) >= 11 is 0. The fourth-order valence-corrected chi connectivity index (χ4v) is 1.92. The Morgan fingerprint density at radius 2 is 2.00 bits per heavy atom. The first-order valence-corrected chi connectivity index (χ1v) is 6.79. The lowest BCUT2D eigenvalue weighted by molar-refractivity contribution is -0.120. The number of benzene rings is 2. The molecular formula is C17H17FN2O2. The summed E-state index contributed by atoms with van der Waals surface area (Å²) in [5.74, 6) is 0.196. The highest BCUT2D eigenvalue weighted by Crippen LogP contribution is 2.15. The molecule has 0 radical (unpaired) electrons. The van der Waals surface area contributed by atoms with E-state index in [1.165, 1.54) is 12.1 Å². The third-order valence-corrected chi connectivity index (χ3v) is 3.15. The van der Waals surface area contributed by atoms with Crippen LogP contribution in [0.5, 0.6) is 5.75 Å². The van der Waals surface area contributed by atoms with Gasteiger partial charge in [-0.1, -0.05) is 12.1 Å². The minimum Gasteiger partial charge on any atom is -0.497 e. The first-order valence-electron chi connectivity index (χ1n) is 6.79. The van der Waals surface area contributed by atoms with Crippen LogP contribution in [0.3, 0.4) is 0 Å². The molecular weight excluding hydrogens is 283 g/mol. The van der Waals surface area contributed by atoms with Gasteiger partial charge < -0.3 is 4.74 Å². The number of methoxy groups -OCH3 is 1. The molecule has 0 saturated carbocycles. The lowest BCUT2D eigenvalue weighted by atomic mass is 10.1. The Labute approximate surface area is 128 Å². The van der Waals surface area contributed by atoms with Gasteiger partial charge in [0.2, 0.25) is 5.91 Å². The number of nitrogens with zero attached hydrogens (tertiary/aromatic N) is 1. The second kappa shape index (κ2) is 7.36. The van der Waals surface area contributed by atoms with Gasteiger partial charge in [0.05, 0.1) is 19.7 Å². The van der Waals surface area contributed by atoms with Crippen LogP contribution < -0.4 is 10.2 Å². The van der Waals surface area contributed by atoms with Crippen LogP contribution in [0.2, 0.25) is 0 Å². The van der Waals surface area contributed by atoms with Gasteiger partial charge >= 0.3 is 0 Å². The fraction of sp³-hybridized carbons (Fsp3) is 0.176. The summed E-state index contributed by atoms with van der Waals surface area (Å²) < 4.78 is 17.9. The summed E-state index contributed by atoms with van der Waals surface area (Å²) in [6.07, 6.45) is 1.73. The average molecular weight is 300 g/mol. The highest BCUT2D eigenvalue weighted by molar-refractivity contribution is 5.84. The molecule has 0 spiro atoms. The topological polar surface area (TPSA) is 50.7 Å². The largest absolute Gasteiger partial charge is 0.497 e. The zero-order valence-electron chi connectivity index (χ0n) is 12.5. The molecule has 0 heterocycles. The smallest absolute Gasteiger partial charge is 0.244 e. The van der Waals surface area contributed by atoms with Crippen molar-refractivity contribution in [1.29, 1.82) is 0 Å². The maximum atomic E-state index is 12.8. The maximum Gasteiger partial charge on any atom is 0.244 e. The zero-order valence-corrected chi connectivity index (χ0v) is 12.5. The van der Waals surface area contributed by atoms with Gasteiger partial charge in [-0.3, -0.25) is 4.79 Å². The predicted octanol–water partition coefficient (Wildman–Crippen LogP) is 2.84. The van der Waals surface area contributed by atoms with Gasteiger partial charge in [0, 0.05) is 0 Å². The number of nitrogens with one attached hydrogen (secondary N) is 1. The molecule has 0 aliphatic rings. The van der Waals surface area contributed by atoms with Gasteiger partial charge in [0.1, 0.15) is 11.6 Å². The number of hydrogen-bond acceptors (Lipinski definition) is 3. The molecule has 114 valence electrons. The summed E-state index contributed by atoms with van der Waals surface area (Å²) in [4.78, 5) is 11.7. The Balaban J connectivity index is 1.91.